The van der Waals surface area contributed by atoms with Crippen LogP contribution in [0.25, 0.3) is 0 Å². The van der Waals surface area contributed by atoms with Gasteiger partial charge >= 0.3 is 0 Å². The highest BCUT2D eigenvalue weighted by Gasteiger charge is 2.29. The number of piperidine rings is 1. The van der Waals surface area contributed by atoms with Gasteiger partial charge in [-0.05, 0) is 43.0 Å². The van der Waals surface area contributed by atoms with E-state index in [1.807, 2.05) is 0 Å². The smallest absolute Gasteiger partial charge is 0.243 e. The van der Waals surface area contributed by atoms with Gasteiger partial charge in [-0.25, -0.2) is 8.42 Å². The van der Waals surface area contributed by atoms with Crippen LogP contribution in [0.2, 0.25) is 0 Å². The van der Waals surface area contributed by atoms with E-state index >= 15 is 0 Å². The molecule has 0 aromatic heterocycles. The van der Waals surface area contributed by atoms with Gasteiger partial charge < -0.3 is 9.84 Å². The highest BCUT2D eigenvalue weighted by molar-refractivity contribution is 7.89. The number of benzene rings is 1. The maximum Gasteiger partial charge on any atom is 0.243 e. The molecule has 0 amide bonds. The van der Waals surface area contributed by atoms with Crippen LogP contribution in [-0.2, 0) is 10.0 Å². The van der Waals surface area contributed by atoms with Crippen LogP contribution in [0.1, 0.15) is 26.2 Å². The SMILES string of the molecule is CCC1CCCN(S(=O)(=O)c2ccc(OCCO)cc2)C1. The Morgan fingerprint density at radius 2 is 2.05 bits per heavy atom. The van der Waals surface area contributed by atoms with Gasteiger partial charge in [-0.3, -0.25) is 0 Å². The summed E-state index contributed by atoms with van der Waals surface area (Å²) in [4.78, 5) is 0.301. The molecule has 1 aromatic carbocycles. The first-order valence-corrected chi connectivity index (χ1v) is 8.85. The van der Waals surface area contributed by atoms with Crippen molar-refractivity contribution in [1.82, 2.24) is 4.31 Å². The van der Waals surface area contributed by atoms with E-state index in [0.717, 1.165) is 19.3 Å². The molecule has 0 radical (unpaired) electrons. The Labute approximate surface area is 126 Å². The highest BCUT2D eigenvalue weighted by atomic mass is 32.2. The number of rotatable bonds is 6. The summed E-state index contributed by atoms with van der Waals surface area (Å²) < 4.78 is 32.1. The van der Waals surface area contributed by atoms with Gasteiger partial charge in [0.15, 0.2) is 0 Å². The molecule has 0 aliphatic carbocycles. The van der Waals surface area contributed by atoms with Gasteiger partial charge in [0.25, 0.3) is 0 Å². The van der Waals surface area contributed by atoms with Crippen molar-refractivity contribution < 1.29 is 18.3 Å². The molecular formula is C15H23NO4S. The van der Waals surface area contributed by atoms with Gasteiger partial charge in [0.1, 0.15) is 12.4 Å². The summed E-state index contributed by atoms with van der Waals surface area (Å²) in [6.45, 7) is 3.46. The van der Waals surface area contributed by atoms with Crippen molar-refractivity contribution in [2.24, 2.45) is 5.92 Å². The molecule has 1 aliphatic rings. The van der Waals surface area contributed by atoms with Crippen LogP contribution < -0.4 is 4.74 Å². The van der Waals surface area contributed by atoms with Crippen molar-refractivity contribution in [3.63, 3.8) is 0 Å². The van der Waals surface area contributed by atoms with Crippen molar-refractivity contribution in [3.05, 3.63) is 24.3 Å². The first-order valence-electron chi connectivity index (χ1n) is 7.41. The van der Waals surface area contributed by atoms with Crippen LogP contribution in [0.3, 0.4) is 0 Å². The topological polar surface area (TPSA) is 66.8 Å². The van der Waals surface area contributed by atoms with E-state index < -0.39 is 10.0 Å². The molecule has 1 aromatic rings. The van der Waals surface area contributed by atoms with Gasteiger partial charge in [-0.15, -0.1) is 0 Å². The summed E-state index contributed by atoms with van der Waals surface area (Å²) in [7, 11) is -3.41. The monoisotopic (exact) mass is 313 g/mol. The molecule has 1 atom stereocenters. The lowest BCUT2D eigenvalue weighted by atomic mass is 9.97. The highest BCUT2D eigenvalue weighted by Crippen LogP contribution is 2.26. The lowest BCUT2D eigenvalue weighted by molar-refractivity contribution is 0.201. The molecular weight excluding hydrogens is 290 g/mol. The van der Waals surface area contributed by atoms with Gasteiger partial charge in [-0.2, -0.15) is 4.31 Å². The van der Waals surface area contributed by atoms with E-state index in [9.17, 15) is 8.42 Å². The van der Waals surface area contributed by atoms with Crippen LogP contribution in [0, 0.1) is 5.92 Å². The number of hydrogen-bond acceptors (Lipinski definition) is 4. The quantitative estimate of drug-likeness (QED) is 0.870. The second-order valence-electron chi connectivity index (χ2n) is 5.32. The summed E-state index contributed by atoms with van der Waals surface area (Å²) in [6, 6.07) is 6.39. The summed E-state index contributed by atoms with van der Waals surface area (Å²) in [5.74, 6) is 1.02. The maximum atomic E-state index is 12.6. The zero-order valence-corrected chi connectivity index (χ0v) is 13.2. The fourth-order valence-corrected chi connectivity index (χ4v) is 4.15. The lowest BCUT2D eigenvalue weighted by Crippen LogP contribution is -2.39. The van der Waals surface area contributed by atoms with Crippen molar-refractivity contribution in [1.29, 1.82) is 0 Å². The number of nitrogens with zero attached hydrogens (tertiary/aromatic N) is 1. The lowest BCUT2D eigenvalue weighted by Gasteiger charge is -2.31. The summed E-state index contributed by atoms with van der Waals surface area (Å²) >= 11 is 0. The van der Waals surface area contributed by atoms with E-state index in [2.05, 4.69) is 6.92 Å². The summed E-state index contributed by atoms with van der Waals surface area (Å²) in [6.07, 6.45) is 3.05. The number of aliphatic hydroxyl groups excluding tert-OH is 1. The molecule has 1 N–H and O–H groups in total. The van der Waals surface area contributed by atoms with E-state index in [1.54, 1.807) is 28.6 Å². The van der Waals surface area contributed by atoms with Crippen LogP contribution in [0.5, 0.6) is 5.75 Å². The van der Waals surface area contributed by atoms with Crippen molar-refractivity contribution in [2.75, 3.05) is 26.3 Å². The average molecular weight is 313 g/mol. The molecule has 21 heavy (non-hydrogen) atoms. The Morgan fingerprint density at radius 1 is 1.33 bits per heavy atom. The Morgan fingerprint density at radius 3 is 2.67 bits per heavy atom. The second kappa shape index (κ2) is 7.24. The predicted octanol–water partition coefficient (Wildman–Crippen LogP) is 1.87. The van der Waals surface area contributed by atoms with E-state index in [1.165, 1.54) is 0 Å². The van der Waals surface area contributed by atoms with E-state index in [-0.39, 0.29) is 13.2 Å². The molecule has 1 heterocycles. The molecule has 2 rings (SSSR count). The van der Waals surface area contributed by atoms with Gasteiger partial charge in [-0.1, -0.05) is 13.3 Å². The molecule has 1 saturated heterocycles. The van der Waals surface area contributed by atoms with Crippen molar-refractivity contribution in [2.45, 2.75) is 31.1 Å². The largest absolute Gasteiger partial charge is 0.491 e. The molecule has 0 bridgehead atoms. The third-order valence-corrected chi connectivity index (χ3v) is 5.76. The number of ether oxygens (including phenoxy) is 1. The van der Waals surface area contributed by atoms with Gasteiger partial charge in [0, 0.05) is 13.1 Å². The Hall–Kier alpha value is -1.11. The Kier molecular flexibility index (Phi) is 5.61. The van der Waals surface area contributed by atoms with E-state index in [4.69, 9.17) is 9.84 Å². The minimum Gasteiger partial charge on any atom is -0.491 e. The number of aliphatic hydroxyl groups is 1. The summed E-state index contributed by atoms with van der Waals surface area (Å²) in [5.41, 5.74) is 0. The third-order valence-electron chi connectivity index (χ3n) is 3.88. The zero-order chi connectivity index (χ0) is 15.3. The van der Waals surface area contributed by atoms with Crippen LogP contribution in [0.4, 0.5) is 0 Å². The molecule has 0 spiro atoms. The molecule has 118 valence electrons. The molecule has 6 heteroatoms. The molecule has 5 nitrogen and oxygen atoms in total. The zero-order valence-electron chi connectivity index (χ0n) is 12.4. The second-order valence-corrected chi connectivity index (χ2v) is 7.26. The van der Waals surface area contributed by atoms with Gasteiger partial charge in [0.2, 0.25) is 10.0 Å². The first-order chi connectivity index (χ1) is 10.1. The average Bonchev–Trinajstić information content (AvgIpc) is 2.53. The molecule has 1 unspecified atom stereocenters. The third kappa shape index (κ3) is 3.96. The van der Waals surface area contributed by atoms with Crippen LogP contribution in [0.15, 0.2) is 29.2 Å². The predicted molar refractivity (Wildman–Crippen MR) is 80.8 cm³/mol. The maximum absolute atomic E-state index is 12.6. The van der Waals surface area contributed by atoms with Crippen molar-refractivity contribution >= 4 is 10.0 Å². The fraction of sp³-hybridized carbons (Fsp3) is 0.600. The van der Waals surface area contributed by atoms with Crippen LogP contribution in [-0.4, -0.2) is 44.1 Å². The number of hydrogen-bond donors (Lipinski definition) is 1. The standard InChI is InChI=1S/C15H23NO4S/c1-2-13-4-3-9-16(12-13)21(18,19)15-7-5-14(6-8-15)20-11-10-17/h5-8,13,17H,2-4,9-12H2,1H3. The molecule has 1 fully saturated rings. The minimum absolute atomic E-state index is 0.0633. The van der Waals surface area contributed by atoms with Crippen molar-refractivity contribution in [3.8, 4) is 5.75 Å². The van der Waals surface area contributed by atoms with E-state index in [0.29, 0.717) is 29.7 Å². The molecule has 1 aliphatic heterocycles. The molecule has 0 saturated carbocycles. The number of sulfonamides is 1. The summed E-state index contributed by atoms with van der Waals surface area (Å²) in [5, 5.41) is 8.70. The Balaban J connectivity index is 2.11. The normalized spacial score (nSPS) is 20.4. The Bertz CT molecular complexity index is 541. The minimum atomic E-state index is -3.41. The first kappa shape index (κ1) is 16.3. The van der Waals surface area contributed by atoms with Gasteiger partial charge in [0.05, 0.1) is 11.5 Å². The fourth-order valence-electron chi connectivity index (χ4n) is 2.60. The van der Waals surface area contributed by atoms with Crippen LogP contribution >= 0.6 is 0 Å².